The third-order valence-electron chi connectivity index (χ3n) is 5.30. The maximum absolute atomic E-state index is 13.2. The van der Waals surface area contributed by atoms with Crippen molar-refractivity contribution in [2.45, 2.75) is 19.9 Å². The van der Waals surface area contributed by atoms with Gasteiger partial charge < -0.3 is 5.11 Å². The highest BCUT2D eigenvalue weighted by atomic mass is 79.9. The molecular weight excluding hydrogens is 442 g/mol. The largest absolute Gasteiger partial charge is 0.507 e. The fourth-order valence-corrected chi connectivity index (χ4v) is 4.04. The molecule has 3 aromatic carbocycles. The SMILES string of the molecule is Cc1ccc(C)c(N2C(=O)C(=O)/C(=C(/O)c3ccc(Br)cc3)C2c2ccccc2)c1. The van der Waals surface area contributed by atoms with Crippen molar-refractivity contribution in [3.63, 3.8) is 0 Å². The van der Waals surface area contributed by atoms with Crippen LogP contribution in [0.25, 0.3) is 5.76 Å². The van der Waals surface area contributed by atoms with Gasteiger partial charge in [-0.1, -0.05) is 70.5 Å². The number of carbonyl (C=O) groups excluding carboxylic acids is 2. The molecule has 1 unspecified atom stereocenters. The molecule has 1 heterocycles. The lowest BCUT2D eigenvalue weighted by molar-refractivity contribution is -0.132. The molecule has 4 nitrogen and oxygen atoms in total. The molecule has 0 aromatic heterocycles. The number of hydrogen-bond acceptors (Lipinski definition) is 3. The van der Waals surface area contributed by atoms with E-state index in [0.29, 0.717) is 11.3 Å². The van der Waals surface area contributed by atoms with Crippen LogP contribution in [0.15, 0.2) is 82.8 Å². The number of aliphatic hydroxyl groups is 1. The average Bonchev–Trinajstić information content (AvgIpc) is 3.01. The molecule has 4 rings (SSSR count). The molecule has 1 N–H and O–H groups in total. The minimum absolute atomic E-state index is 0.0921. The third-order valence-corrected chi connectivity index (χ3v) is 5.83. The Labute approximate surface area is 183 Å². The van der Waals surface area contributed by atoms with Crippen LogP contribution >= 0.6 is 15.9 Å². The molecular formula is C25H20BrNO3. The zero-order valence-corrected chi connectivity index (χ0v) is 18.2. The van der Waals surface area contributed by atoms with Gasteiger partial charge in [0.25, 0.3) is 11.7 Å². The van der Waals surface area contributed by atoms with Gasteiger partial charge in [-0.2, -0.15) is 0 Å². The van der Waals surface area contributed by atoms with E-state index in [9.17, 15) is 14.7 Å². The summed E-state index contributed by atoms with van der Waals surface area (Å²) >= 11 is 3.38. The van der Waals surface area contributed by atoms with Crippen molar-refractivity contribution in [3.8, 4) is 0 Å². The molecule has 0 spiro atoms. The Morgan fingerprint density at radius 2 is 1.60 bits per heavy atom. The molecule has 0 saturated carbocycles. The molecule has 30 heavy (non-hydrogen) atoms. The van der Waals surface area contributed by atoms with Gasteiger partial charge in [-0.15, -0.1) is 0 Å². The summed E-state index contributed by atoms with van der Waals surface area (Å²) in [6.45, 7) is 3.85. The summed E-state index contributed by atoms with van der Waals surface area (Å²) in [6, 6.07) is 21.4. The lowest BCUT2D eigenvalue weighted by Crippen LogP contribution is -2.30. The van der Waals surface area contributed by atoms with Crippen LogP contribution in [-0.4, -0.2) is 16.8 Å². The van der Waals surface area contributed by atoms with Gasteiger partial charge in [-0.05, 0) is 48.7 Å². The second-order valence-corrected chi connectivity index (χ2v) is 8.29. The molecule has 1 saturated heterocycles. The number of nitrogens with zero attached hydrogens (tertiary/aromatic N) is 1. The summed E-state index contributed by atoms with van der Waals surface area (Å²) < 4.78 is 0.856. The molecule has 1 amide bonds. The number of hydrogen-bond donors (Lipinski definition) is 1. The van der Waals surface area contributed by atoms with Gasteiger partial charge >= 0.3 is 0 Å². The van der Waals surface area contributed by atoms with Gasteiger partial charge in [0.15, 0.2) is 0 Å². The first-order valence-electron chi connectivity index (χ1n) is 9.57. The van der Waals surface area contributed by atoms with E-state index >= 15 is 0 Å². The zero-order chi connectivity index (χ0) is 21.4. The highest BCUT2D eigenvalue weighted by Crippen LogP contribution is 2.43. The summed E-state index contributed by atoms with van der Waals surface area (Å²) in [5.41, 5.74) is 3.87. The van der Waals surface area contributed by atoms with Crippen LogP contribution in [0.3, 0.4) is 0 Å². The van der Waals surface area contributed by atoms with Crippen LogP contribution in [0.4, 0.5) is 5.69 Å². The fourth-order valence-electron chi connectivity index (χ4n) is 3.77. The van der Waals surface area contributed by atoms with Crippen LogP contribution in [0, 0.1) is 13.8 Å². The molecule has 150 valence electrons. The van der Waals surface area contributed by atoms with Crippen molar-refractivity contribution in [1.29, 1.82) is 0 Å². The van der Waals surface area contributed by atoms with E-state index in [0.717, 1.165) is 21.2 Å². The Kier molecular flexibility index (Phi) is 5.31. The summed E-state index contributed by atoms with van der Waals surface area (Å²) in [5, 5.41) is 11.1. The summed E-state index contributed by atoms with van der Waals surface area (Å²) in [5.74, 6) is -1.51. The molecule has 3 aromatic rings. The molecule has 0 radical (unpaired) electrons. The van der Waals surface area contributed by atoms with E-state index in [1.807, 2.05) is 62.4 Å². The van der Waals surface area contributed by atoms with Crippen molar-refractivity contribution in [3.05, 3.63) is 105 Å². The van der Waals surface area contributed by atoms with Crippen molar-refractivity contribution < 1.29 is 14.7 Å². The second kappa shape index (κ2) is 7.92. The average molecular weight is 462 g/mol. The summed E-state index contributed by atoms with van der Waals surface area (Å²) in [7, 11) is 0. The topological polar surface area (TPSA) is 57.6 Å². The maximum atomic E-state index is 13.2. The standard InChI is InChI=1S/C25H20BrNO3/c1-15-8-9-16(2)20(14-15)27-22(17-6-4-3-5-7-17)21(24(29)25(27)30)23(28)18-10-12-19(26)13-11-18/h3-14,22,28H,1-2H3/b23-21+. The first-order valence-corrected chi connectivity index (χ1v) is 10.4. The number of Topliss-reactive ketones (excluding diaryl/α,β-unsaturated/α-hetero) is 1. The molecule has 0 bridgehead atoms. The zero-order valence-electron chi connectivity index (χ0n) is 16.6. The number of carbonyl (C=O) groups is 2. The van der Waals surface area contributed by atoms with Crippen LogP contribution in [-0.2, 0) is 9.59 Å². The fraction of sp³-hybridized carbons (Fsp3) is 0.120. The van der Waals surface area contributed by atoms with Crippen LogP contribution < -0.4 is 4.90 Å². The van der Waals surface area contributed by atoms with Crippen LogP contribution in [0.1, 0.15) is 28.3 Å². The Morgan fingerprint density at radius 3 is 2.27 bits per heavy atom. The first kappa shape index (κ1) is 20.1. The Morgan fingerprint density at radius 1 is 0.933 bits per heavy atom. The van der Waals surface area contributed by atoms with E-state index in [-0.39, 0.29) is 11.3 Å². The Hall–Kier alpha value is -3.18. The molecule has 1 aliphatic heterocycles. The molecule has 1 fully saturated rings. The van der Waals surface area contributed by atoms with Gasteiger partial charge in [0, 0.05) is 15.7 Å². The smallest absolute Gasteiger partial charge is 0.300 e. The Bertz CT molecular complexity index is 1170. The van der Waals surface area contributed by atoms with Gasteiger partial charge in [-0.3, -0.25) is 14.5 Å². The van der Waals surface area contributed by atoms with Crippen LogP contribution in [0.5, 0.6) is 0 Å². The minimum atomic E-state index is -0.713. The number of rotatable bonds is 3. The summed E-state index contributed by atoms with van der Waals surface area (Å²) in [4.78, 5) is 27.8. The van der Waals surface area contributed by atoms with E-state index in [1.165, 1.54) is 4.90 Å². The molecule has 1 aliphatic rings. The normalized spacial score (nSPS) is 18.1. The van der Waals surface area contributed by atoms with E-state index in [2.05, 4.69) is 15.9 Å². The Balaban J connectivity index is 1.97. The molecule has 0 aliphatic carbocycles. The van der Waals surface area contributed by atoms with Crippen molar-refractivity contribution in [1.82, 2.24) is 0 Å². The summed E-state index contributed by atoms with van der Waals surface area (Å²) in [6.07, 6.45) is 0. The number of amides is 1. The predicted octanol–water partition coefficient (Wildman–Crippen LogP) is 5.69. The van der Waals surface area contributed by atoms with Gasteiger partial charge in [0.05, 0.1) is 11.6 Å². The number of anilines is 1. The molecule has 5 heteroatoms. The second-order valence-electron chi connectivity index (χ2n) is 7.38. The van der Waals surface area contributed by atoms with Crippen molar-refractivity contribution in [2.75, 3.05) is 4.90 Å². The number of ketones is 1. The van der Waals surface area contributed by atoms with E-state index in [4.69, 9.17) is 0 Å². The van der Waals surface area contributed by atoms with Gasteiger partial charge in [-0.25, -0.2) is 0 Å². The highest BCUT2D eigenvalue weighted by Gasteiger charge is 2.47. The number of aliphatic hydroxyl groups excluding tert-OH is 1. The third kappa shape index (κ3) is 3.46. The van der Waals surface area contributed by atoms with Crippen LogP contribution in [0.2, 0.25) is 0 Å². The van der Waals surface area contributed by atoms with Gasteiger partial charge in [0.2, 0.25) is 0 Å². The highest BCUT2D eigenvalue weighted by molar-refractivity contribution is 9.10. The number of benzene rings is 3. The van der Waals surface area contributed by atoms with E-state index in [1.54, 1.807) is 24.3 Å². The van der Waals surface area contributed by atoms with Crippen molar-refractivity contribution >= 4 is 39.1 Å². The quantitative estimate of drug-likeness (QED) is 0.309. The van der Waals surface area contributed by atoms with Crippen molar-refractivity contribution in [2.24, 2.45) is 0 Å². The lowest BCUT2D eigenvalue weighted by Gasteiger charge is -2.27. The maximum Gasteiger partial charge on any atom is 0.300 e. The van der Waals surface area contributed by atoms with E-state index < -0.39 is 17.7 Å². The number of halogens is 1. The lowest BCUT2D eigenvalue weighted by atomic mass is 9.95. The van der Waals surface area contributed by atoms with Gasteiger partial charge in [0.1, 0.15) is 5.76 Å². The molecule has 1 atom stereocenters. The minimum Gasteiger partial charge on any atom is -0.507 e. The monoisotopic (exact) mass is 461 g/mol. The number of aryl methyl sites for hydroxylation is 2. The predicted molar refractivity (Wildman–Crippen MR) is 121 cm³/mol. The first-order chi connectivity index (χ1) is 14.4.